The van der Waals surface area contributed by atoms with Gasteiger partial charge in [0.1, 0.15) is 18.5 Å². The first-order valence-electron chi connectivity index (χ1n) is 14.9. The smallest absolute Gasteiger partial charge is 0.252 e. The van der Waals surface area contributed by atoms with Crippen LogP contribution in [0.15, 0.2) is 73.1 Å². The zero-order valence-corrected chi connectivity index (χ0v) is 25.5. The molecule has 44 heavy (non-hydrogen) atoms. The Morgan fingerprint density at radius 2 is 1.64 bits per heavy atom. The Kier molecular flexibility index (Phi) is 12.2. The zero-order chi connectivity index (χ0) is 31.5. The number of halogens is 3. The van der Waals surface area contributed by atoms with Crippen LogP contribution < -0.4 is 10.6 Å². The molecule has 0 radical (unpaired) electrons. The minimum Gasteiger partial charge on any atom is -0.352 e. The van der Waals surface area contributed by atoms with Gasteiger partial charge in [0.15, 0.2) is 0 Å². The summed E-state index contributed by atoms with van der Waals surface area (Å²) in [4.78, 5) is 48.3. The normalized spacial score (nSPS) is 16.6. The van der Waals surface area contributed by atoms with E-state index in [1.165, 1.54) is 24.5 Å². The van der Waals surface area contributed by atoms with Crippen molar-refractivity contribution in [2.24, 2.45) is 0 Å². The molecule has 4 rings (SSSR count). The van der Waals surface area contributed by atoms with Crippen molar-refractivity contribution in [2.75, 3.05) is 32.9 Å². The Bertz CT molecular complexity index is 1380. The number of alkyl halides is 1. The van der Waals surface area contributed by atoms with Crippen LogP contribution in [0.5, 0.6) is 0 Å². The van der Waals surface area contributed by atoms with Crippen molar-refractivity contribution in [1.82, 2.24) is 25.4 Å². The number of piperazine rings is 1. The number of amides is 3. The highest BCUT2D eigenvalue weighted by atomic mass is 35.5. The number of benzene rings is 2. The van der Waals surface area contributed by atoms with Gasteiger partial charge in [-0.25, -0.2) is 8.78 Å². The van der Waals surface area contributed by atoms with Gasteiger partial charge in [0.25, 0.3) is 5.91 Å². The van der Waals surface area contributed by atoms with Crippen molar-refractivity contribution in [2.45, 2.75) is 50.7 Å². The van der Waals surface area contributed by atoms with Crippen LogP contribution in [0.1, 0.15) is 41.3 Å². The summed E-state index contributed by atoms with van der Waals surface area (Å²) in [6.07, 6.45) is 5.07. The molecule has 11 heteroatoms. The molecule has 3 amide bonds. The number of nitrogens with zero attached hydrogens (tertiary/aromatic N) is 3. The minimum absolute atomic E-state index is 0.0744. The van der Waals surface area contributed by atoms with Crippen LogP contribution in [0.25, 0.3) is 0 Å². The molecule has 1 fully saturated rings. The lowest BCUT2D eigenvalue weighted by Crippen LogP contribution is -2.63. The van der Waals surface area contributed by atoms with E-state index < -0.39 is 24.7 Å². The molecular formula is C33H38ClF2N5O3. The molecule has 2 N–H and O–H groups in total. The van der Waals surface area contributed by atoms with Gasteiger partial charge in [-0.2, -0.15) is 0 Å². The maximum Gasteiger partial charge on any atom is 0.252 e. The van der Waals surface area contributed by atoms with Crippen LogP contribution in [0, 0.1) is 5.82 Å². The first-order chi connectivity index (χ1) is 21.3. The lowest BCUT2D eigenvalue weighted by Gasteiger charge is -2.45. The minimum atomic E-state index is -0.898. The van der Waals surface area contributed by atoms with Crippen molar-refractivity contribution in [3.63, 3.8) is 0 Å². The lowest BCUT2D eigenvalue weighted by molar-refractivity contribution is -0.140. The Morgan fingerprint density at radius 3 is 2.30 bits per heavy atom. The summed E-state index contributed by atoms with van der Waals surface area (Å²) in [5.41, 5.74) is 1.99. The number of carbonyl (C=O) groups is 3. The predicted molar refractivity (Wildman–Crippen MR) is 166 cm³/mol. The standard InChI is InChI=1S/C33H38ClF2N5O3/c1-2-3-28-22-40(30(32(43)38-17-14-35)21-24-4-8-26(34)9-5-24)18-19-41(28)33(44)29(20-23-6-10-27(36)11-7-23)39-31(42)25-12-15-37-16-13-25/h4-13,15-16,28-30H,2-3,14,17-22H2,1H3,(H,38,43)(H,39,42). The Hall–Kier alpha value is -3.89. The topological polar surface area (TPSA) is 94.6 Å². The molecule has 0 saturated carbocycles. The van der Waals surface area contributed by atoms with Gasteiger partial charge in [0, 0.05) is 61.6 Å². The highest BCUT2D eigenvalue weighted by Gasteiger charge is 2.38. The fourth-order valence-corrected chi connectivity index (χ4v) is 5.68. The molecule has 3 unspecified atom stereocenters. The molecule has 1 aliphatic rings. The average molecular weight is 626 g/mol. The first kappa shape index (κ1) is 33.0. The highest BCUT2D eigenvalue weighted by molar-refractivity contribution is 6.30. The van der Waals surface area contributed by atoms with E-state index in [4.69, 9.17) is 11.6 Å². The number of aromatic nitrogens is 1. The Labute approximate surface area is 261 Å². The van der Waals surface area contributed by atoms with Gasteiger partial charge in [-0.05, 0) is 60.4 Å². The summed E-state index contributed by atoms with van der Waals surface area (Å²) >= 11 is 6.06. The second kappa shape index (κ2) is 16.3. The maximum absolute atomic E-state index is 14.2. The van der Waals surface area contributed by atoms with Crippen molar-refractivity contribution in [3.8, 4) is 0 Å². The Morgan fingerprint density at radius 1 is 0.977 bits per heavy atom. The van der Waals surface area contributed by atoms with Crippen molar-refractivity contribution in [3.05, 3.63) is 101 Å². The quantitative estimate of drug-likeness (QED) is 0.297. The summed E-state index contributed by atoms with van der Waals surface area (Å²) in [6, 6.07) is 14.6. The molecule has 8 nitrogen and oxygen atoms in total. The van der Waals surface area contributed by atoms with E-state index in [2.05, 4.69) is 20.5 Å². The van der Waals surface area contributed by atoms with E-state index in [1.807, 2.05) is 19.1 Å². The van der Waals surface area contributed by atoms with E-state index in [1.54, 1.807) is 41.3 Å². The predicted octanol–water partition coefficient (Wildman–Crippen LogP) is 4.23. The molecule has 2 aromatic carbocycles. The fourth-order valence-electron chi connectivity index (χ4n) is 5.55. The van der Waals surface area contributed by atoms with Crippen molar-refractivity contribution >= 4 is 29.3 Å². The molecule has 3 aromatic rings. The van der Waals surface area contributed by atoms with E-state index in [-0.39, 0.29) is 36.6 Å². The van der Waals surface area contributed by atoms with E-state index in [9.17, 15) is 23.2 Å². The molecule has 0 aliphatic carbocycles. The summed E-state index contributed by atoms with van der Waals surface area (Å²) < 4.78 is 26.6. The number of carbonyl (C=O) groups excluding carboxylic acids is 3. The fraction of sp³-hybridized carbons (Fsp3) is 0.394. The lowest BCUT2D eigenvalue weighted by atomic mass is 9.98. The van der Waals surface area contributed by atoms with Gasteiger partial charge in [-0.3, -0.25) is 24.3 Å². The number of rotatable bonds is 13. The molecular weight excluding hydrogens is 588 g/mol. The van der Waals surface area contributed by atoms with Gasteiger partial charge in [0.05, 0.1) is 6.04 Å². The van der Waals surface area contributed by atoms with Crippen LogP contribution in [0.2, 0.25) is 5.02 Å². The molecule has 0 bridgehead atoms. The summed E-state index contributed by atoms with van der Waals surface area (Å²) in [5, 5.41) is 6.17. The molecule has 1 aromatic heterocycles. The number of nitrogens with one attached hydrogen (secondary N) is 2. The third-order valence-electron chi connectivity index (χ3n) is 7.80. The third kappa shape index (κ3) is 9.06. The summed E-state index contributed by atoms with van der Waals surface area (Å²) in [5.74, 6) is -1.32. The summed E-state index contributed by atoms with van der Waals surface area (Å²) in [7, 11) is 0. The summed E-state index contributed by atoms with van der Waals surface area (Å²) in [6.45, 7) is 2.47. The second-order valence-electron chi connectivity index (χ2n) is 10.9. The first-order valence-corrected chi connectivity index (χ1v) is 15.2. The van der Waals surface area contributed by atoms with Gasteiger partial charge in [-0.15, -0.1) is 0 Å². The maximum atomic E-state index is 14.2. The second-order valence-corrected chi connectivity index (χ2v) is 11.3. The largest absolute Gasteiger partial charge is 0.352 e. The van der Waals surface area contributed by atoms with Crippen LogP contribution in [-0.2, 0) is 22.4 Å². The van der Waals surface area contributed by atoms with E-state index >= 15 is 0 Å². The van der Waals surface area contributed by atoms with Crippen LogP contribution in [0.4, 0.5) is 8.78 Å². The zero-order valence-electron chi connectivity index (χ0n) is 24.7. The van der Waals surface area contributed by atoms with Gasteiger partial charge < -0.3 is 15.5 Å². The number of hydrogen-bond donors (Lipinski definition) is 2. The SMILES string of the molecule is CCCC1CN(C(Cc2ccc(Cl)cc2)C(=O)NCCF)CCN1C(=O)C(Cc1ccc(F)cc1)NC(=O)c1ccncc1. The molecule has 2 heterocycles. The molecule has 3 atom stereocenters. The van der Waals surface area contributed by atoms with Crippen LogP contribution in [-0.4, -0.2) is 83.5 Å². The van der Waals surface area contributed by atoms with Gasteiger partial charge >= 0.3 is 0 Å². The molecule has 234 valence electrons. The van der Waals surface area contributed by atoms with Crippen molar-refractivity contribution in [1.29, 1.82) is 0 Å². The third-order valence-corrected chi connectivity index (χ3v) is 8.05. The number of hydrogen-bond acceptors (Lipinski definition) is 5. The average Bonchev–Trinajstić information content (AvgIpc) is 3.04. The highest BCUT2D eigenvalue weighted by Crippen LogP contribution is 2.22. The van der Waals surface area contributed by atoms with Gasteiger partial charge in [-0.1, -0.05) is 49.2 Å². The van der Waals surface area contributed by atoms with Crippen molar-refractivity contribution < 1.29 is 23.2 Å². The monoisotopic (exact) mass is 625 g/mol. The molecule has 1 aliphatic heterocycles. The molecule has 1 saturated heterocycles. The van der Waals surface area contributed by atoms with Crippen LogP contribution >= 0.6 is 11.6 Å². The van der Waals surface area contributed by atoms with Gasteiger partial charge in [0.2, 0.25) is 11.8 Å². The number of pyridine rings is 1. The van der Waals surface area contributed by atoms with Crippen LogP contribution in [0.3, 0.4) is 0 Å². The van der Waals surface area contributed by atoms with E-state index in [0.717, 1.165) is 12.0 Å². The Balaban J connectivity index is 1.56. The van der Waals surface area contributed by atoms with E-state index in [0.29, 0.717) is 48.6 Å². The molecule has 0 spiro atoms.